The monoisotopic (exact) mass is 219 g/mol. The quantitative estimate of drug-likeness (QED) is 0.609. The first kappa shape index (κ1) is 12.3. The number of carbonyl (C=O) groups excluding carboxylic acids is 1. The smallest absolute Gasteiger partial charge is 0.332 e. The minimum atomic E-state index is -0.317. The highest BCUT2D eigenvalue weighted by molar-refractivity contribution is 5.82. The van der Waals surface area contributed by atoms with E-state index in [-0.39, 0.29) is 5.97 Å². The molecule has 0 unspecified atom stereocenters. The second-order valence-corrected chi connectivity index (χ2v) is 3.45. The normalized spacial score (nSPS) is 11.0. The zero-order chi connectivity index (χ0) is 11.8. The first-order valence-electron chi connectivity index (χ1n) is 5.35. The molecule has 16 heavy (non-hydrogen) atoms. The van der Waals surface area contributed by atoms with E-state index in [1.807, 2.05) is 44.2 Å². The van der Waals surface area contributed by atoms with Gasteiger partial charge in [0, 0.05) is 18.3 Å². The molecule has 0 aromatic heterocycles. The maximum atomic E-state index is 11.4. The van der Waals surface area contributed by atoms with Gasteiger partial charge in [-0.25, -0.2) is 4.79 Å². The third-order valence-corrected chi connectivity index (χ3v) is 2.01. The maximum absolute atomic E-state index is 11.4. The minimum absolute atomic E-state index is 0.315. The number of carbonyl (C=O) groups is 1. The van der Waals surface area contributed by atoms with E-state index in [0.29, 0.717) is 6.61 Å². The van der Waals surface area contributed by atoms with Crippen LogP contribution in [0.15, 0.2) is 42.1 Å². The lowest BCUT2D eigenvalue weighted by molar-refractivity contribution is -0.139. The van der Waals surface area contributed by atoms with Gasteiger partial charge in [0.25, 0.3) is 0 Å². The standard InChI is InChI=1S/C13H17NO2/c1-3-14-11(2)9-13(15)16-10-12-7-5-4-6-8-12/h4-9,14H,3,10H2,1-2H3. The molecule has 0 saturated carbocycles. The highest BCUT2D eigenvalue weighted by Gasteiger charge is 1.99. The molecule has 0 radical (unpaired) electrons. The molecule has 0 atom stereocenters. The predicted molar refractivity (Wildman–Crippen MR) is 63.7 cm³/mol. The molecule has 1 rings (SSSR count). The molecule has 0 spiro atoms. The van der Waals surface area contributed by atoms with Gasteiger partial charge in [-0.05, 0) is 19.4 Å². The first-order chi connectivity index (χ1) is 7.72. The molecule has 3 nitrogen and oxygen atoms in total. The molecule has 1 N–H and O–H groups in total. The number of esters is 1. The molecule has 1 aromatic rings. The predicted octanol–water partition coefficient (Wildman–Crippen LogP) is 2.24. The van der Waals surface area contributed by atoms with Crippen LogP contribution in [0, 0.1) is 0 Å². The van der Waals surface area contributed by atoms with Crippen LogP contribution >= 0.6 is 0 Å². The summed E-state index contributed by atoms with van der Waals surface area (Å²) < 4.78 is 5.09. The van der Waals surface area contributed by atoms with E-state index in [9.17, 15) is 4.79 Å². The van der Waals surface area contributed by atoms with Gasteiger partial charge in [-0.1, -0.05) is 30.3 Å². The highest BCUT2D eigenvalue weighted by Crippen LogP contribution is 2.01. The van der Waals surface area contributed by atoms with Crippen LogP contribution in [0.25, 0.3) is 0 Å². The zero-order valence-electron chi connectivity index (χ0n) is 9.69. The molecule has 0 aliphatic carbocycles. The van der Waals surface area contributed by atoms with Crippen LogP contribution in [0.1, 0.15) is 19.4 Å². The Morgan fingerprint density at radius 2 is 2.06 bits per heavy atom. The van der Waals surface area contributed by atoms with Crippen molar-refractivity contribution in [1.82, 2.24) is 5.32 Å². The van der Waals surface area contributed by atoms with Crippen molar-refractivity contribution < 1.29 is 9.53 Å². The van der Waals surface area contributed by atoms with Crippen LogP contribution in [-0.4, -0.2) is 12.5 Å². The van der Waals surface area contributed by atoms with Crippen LogP contribution < -0.4 is 5.32 Å². The van der Waals surface area contributed by atoms with Crippen molar-refractivity contribution in [2.45, 2.75) is 20.5 Å². The lowest BCUT2D eigenvalue weighted by atomic mass is 10.2. The Bertz CT molecular complexity index is 357. The summed E-state index contributed by atoms with van der Waals surface area (Å²) in [4.78, 5) is 11.4. The zero-order valence-corrected chi connectivity index (χ0v) is 9.69. The Morgan fingerprint density at radius 1 is 1.38 bits per heavy atom. The Balaban J connectivity index is 2.39. The van der Waals surface area contributed by atoms with Crippen LogP contribution in [0.5, 0.6) is 0 Å². The van der Waals surface area contributed by atoms with Gasteiger partial charge in [0.1, 0.15) is 6.61 Å². The van der Waals surface area contributed by atoms with E-state index in [1.165, 1.54) is 6.08 Å². The Kier molecular flexibility index (Phi) is 5.12. The summed E-state index contributed by atoms with van der Waals surface area (Å²) in [6, 6.07) is 9.62. The molecule has 3 heteroatoms. The van der Waals surface area contributed by atoms with Gasteiger partial charge in [-0.2, -0.15) is 0 Å². The Morgan fingerprint density at radius 3 is 2.69 bits per heavy atom. The van der Waals surface area contributed by atoms with Gasteiger partial charge in [-0.15, -0.1) is 0 Å². The summed E-state index contributed by atoms with van der Waals surface area (Å²) in [6.45, 7) is 4.93. The second kappa shape index (κ2) is 6.67. The van der Waals surface area contributed by atoms with E-state index in [2.05, 4.69) is 5.32 Å². The molecule has 0 aliphatic rings. The third-order valence-electron chi connectivity index (χ3n) is 2.01. The maximum Gasteiger partial charge on any atom is 0.332 e. The molecule has 0 saturated heterocycles. The van der Waals surface area contributed by atoms with E-state index in [4.69, 9.17) is 4.74 Å². The molecule has 0 amide bonds. The summed E-state index contributed by atoms with van der Waals surface area (Å²) in [6.07, 6.45) is 1.46. The van der Waals surface area contributed by atoms with Crippen molar-refractivity contribution in [2.75, 3.05) is 6.54 Å². The van der Waals surface area contributed by atoms with Crippen LogP contribution in [0.2, 0.25) is 0 Å². The summed E-state index contributed by atoms with van der Waals surface area (Å²) >= 11 is 0. The number of rotatable bonds is 5. The number of ether oxygens (including phenoxy) is 1. The molecule has 1 aromatic carbocycles. The SMILES string of the molecule is CCNC(C)=CC(=O)OCc1ccccc1. The Hall–Kier alpha value is -1.77. The van der Waals surface area contributed by atoms with Crippen molar-refractivity contribution in [3.63, 3.8) is 0 Å². The average Bonchev–Trinajstić information content (AvgIpc) is 2.28. The number of hydrogen-bond donors (Lipinski definition) is 1. The number of allylic oxidation sites excluding steroid dienone is 1. The van der Waals surface area contributed by atoms with Gasteiger partial charge in [0.15, 0.2) is 0 Å². The van der Waals surface area contributed by atoms with E-state index >= 15 is 0 Å². The van der Waals surface area contributed by atoms with E-state index in [0.717, 1.165) is 17.8 Å². The summed E-state index contributed by atoms with van der Waals surface area (Å²) in [5.74, 6) is -0.317. The van der Waals surface area contributed by atoms with Gasteiger partial charge in [-0.3, -0.25) is 0 Å². The van der Waals surface area contributed by atoms with Gasteiger partial charge < -0.3 is 10.1 Å². The molecular weight excluding hydrogens is 202 g/mol. The fraction of sp³-hybridized carbons (Fsp3) is 0.308. The van der Waals surface area contributed by atoms with Crippen molar-refractivity contribution in [1.29, 1.82) is 0 Å². The first-order valence-corrected chi connectivity index (χ1v) is 5.35. The van der Waals surface area contributed by atoms with Gasteiger partial charge in [0.2, 0.25) is 0 Å². The number of hydrogen-bond acceptors (Lipinski definition) is 3. The summed E-state index contributed by atoms with van der Waals surface area (Å²) in [7, 11) is 0. The molecule has 0 heterocycles. The average molecular weight is 219 g/mol. The summed E-state index contributed by atoms with van der Waals surface area (Å²) in [5.41, 5.74) is 1.81. The van der Waals surface area contributed by atoms with Crippen molar-refractivity contribution in [3.8, 4) is 0 Å². The number of benzene rings is 1. The van der Waals surface area contributed by atoms with E-state index in [1.54, 1.807) is 0 Å². The van der Waals surface area contributed by atoms with Crippen LogP contribution in [0.3, 0.4) is 0 Å². The molecule has 0 fully saturated rings. The summed E-state index contributed by atoms with van der Waals surface area (Å²) in [5, 5.41) is 3.03. The number of nitrogens with one attached hydrogen (secondary N) is 1. The fourth-order valence-corrected chi connectivity index (χ4v) is 1.28. The van der Waals surface area contributed by atoms with Gasteiger partial charge >= 0.3 is 5.97 Å². The van der Waals surface area contributed by atoms with Crippen LogP contribution in [-0.2, 0) is 16.1 Å². The van der Waals surface area contributed by atoms with Crippen molar-refractivity contribution >= 4 is 5.97 Å². The molecule has 0 bridgehead atoms. The highest BCUT2D eigenvalue weighted by atomic mass is 16.5. The molecule has 86 valence electrons. The van der Waals surface area contributed by atoms with E-state index < -0.39 is 0 Å². The molecule has 0 aliphatic heterocycles. The van der Waals surface area contributed by atoms with Crippen LogP contribution in [0.4, 0.5) is 0 Å². The van der Waals surface area contributed by atoms with Gasteiger partial charge in [0.05, 0.1) is 0 Å². The molecular formula is C13H17NO2. The second-order valence-electron chi connectivity index (χ2n) is 3.45. The minimum Gasteiger partial charge on any atom is -0.458 e. The Labute approximate surface area is 96.1 Å². The topological polar surface area (TPSA) is 38.3 Å². The largest absolute Gasteiger partial charge is 0.458 e. The third kappa shape index (κ3) is 4.64. The lowest BCUT2D eigenvalue weighted by Gasteiger charge is -2.04. The fourth-order valence-electron chi connectivity index (χ4n) is 1.28. The van der Waals surface area contributed by atoms with Crippen molar-refractivity contribution in [2.24, 2.45) is 0 Å². The lowest BCUT2D eigenvalue weighted by Crippen LogP contribution is -2.12. The van der Waals surface area contributed by atoms with Crippen molar-refractivity contribution in [3.05, 3.63) is 47.7 Å².